The molecular formula is C23H18F3N7O. The van der Waals surface area contributed by atoms with Crippen molar-refractivity contribution >= 4 is 28.4 Å². The maximum absolute atomic E-state index is 14.4. The molecule has 2 amide bonds. The zero-order chi connectivity index (χ0) is 23.4. The number of anilines is 2. The molecule has 6 rings (SSSR count). The lowest BCUT2D eigenvalue weighted by Crippen LogP contribution is -2.60. The Morgan fingerprint density at radius 1 is 1.03 bits per heavy atom. The fourth-order valence-electron chi connectivity index (χ4n) is 4.27. The van der Waals surface area contributed by atoms with Gasteiger partial charge in [0.15, 0.2) is 17.5 Å². The smallest absolute Gasteiger partial charge is 0.321 e. The van der Waals surface area contributed by atoms with E-state index in [1.165, 1.54) is 4.90 Å². The van der Waals surface area contributed by atoms with Gasteiger partial charge in [-0.05, 0) is 35.4 Å². The highest BCUT2D eigenvalue weighted by Gasteiger charge is 2.47. The Balaban J connectivity index is 1.22. The maximum Gasteiger partial charge on any atom is 0.321 e. The molecule has 8 nitrogen and oxygen atoms in total. The Kier molecular flexibility index (Phi) is 4.48. The van der Waals surface area contributed by atoms with Crippen molar-refractivity contribution in [3.63, 3.8) is 0 Å². The number of carbonyl (C=O) groups is 1. The number of nitrogens with zero attached hydrogens (tertiary/aromatic N) is 5. The normalized spacial score (nSPS) is 16.4. The van der Waals surface area contributed by atoms with Gasteiger partial charge in [0.05, 0.1) is 31.0 Å². The van der Waals surface area contributed by atoms with Crippen LogP contribution in [0.2, 0.25) is 0 Å². The van der Waals surface area contributed by atoms with Gasteiger partial charge in [-0.15, -0.1) is 0 Å². The summed E-state index contributed by atoms with van der Waals surface area (Å²) in [6.45, 7) is -0.432. The molecule has 0 spiro atoms. The van der Waals surface area contributed by atoms with E-state index in [1.807, 2.05) is 24.3 Å². The van der Waals surface area contributed by atoms with Crippen molar-refractivity contribution in [1.29, 1.82) is 0 Å². The summed E-state index contributed by atoms with van der Waals surface area (Å²) in [5.74, 6) is -3.04. The van der Waals surface area contributed by atoms with Crippen molar-refractivity contribution < 1.29 is 18.0 Å². The van der Waals surface area contributed by atoms with Crippen molar-refractivity contribution in [2.75, 3.05) is 18.4 Å². The molecule has 172 valence electrons. The molecule has 34 heavy (non-hydrogen) atoms. The van der Waals surface area contributed by atoms with E-state index in [9.17, 15) is 18.0 Å². The van der Waals surface area contributed by atoms with Crippen LogP contribution in [-0.2, 0) is 13.1 Å². The molecule has 0 atom stereocenters. The minimum atomic E-state index is -2.80. The van der Waals surface area contributed by atoms with Gasteiger partial charge in [0, 0.05) is 29.7 Å². The first kappa shape index (κ1) is 20.5. The summed E-state index contributed by atoms with van der Waals surface area (Å²) in [6, 6.07) is 10.6. The second-order valence-electron chi connectivity index (χ2n) is 8.52. The van der Waals surface area contributed by atoms with E-state index in [0.29, 0.717) is 30.2 Å². The van der Waals surface area contributed by atoms with Gasteiger partial charge in [0.25, 0.3) is 5.92 Å². The van der Waals surface area contributed by atoms with Crippen LogP contribution in [0.3, 0.4) is 0 Å². The number of nitrogens with one attached hydrogen (secondary N) is 2. The molecule has 2 aliphatic heterocycles. The van der Waals surface area contributed by atoms with Gasteiger partial charge in [0.2, 0.25) is 0 Å². The molecule has 0 saturated carbocycles. The molecule has 2 aromatic heterocycles. The quantitative estimate of drug-likeness (QED) is 0.471. The summed E-state index contributed by atoms with van der Waals surface area (Å²) in [7, 11) is 0. The largest absolute Gasteiger partial charge is 0.338 e. The summed E-state index contributed by atoms with van der Waals surface area (Å²) in [4.78, 5) is 23.7. The SMILES string of the molecule is O=C(N1Cc2ccc(-c3ncc(F)c(Nc4ccc5[nH]ncc5c4)n3)cc2C1)N1CC(F)(F)C1. The first-order chi connectivity index (χ1) is 16.3. The summed E-state index contributed by atoms with van der Waals surface area (Å²) in [6.07, 6.45) is 2.78. The lowest BCUT2D eigenvalue weighted by molar-refractivity contribution is -0.114. The molecule has 0 unspecified atom stereocenters. The van der Waals surface area contributed by atoms with Gasteiger partial charge < -0.3 is 15.1 Å². The van der Waals surface area contributed by atoms with Gasteiger partial charge in [-0.2, -0.15) is 5.10 Å². The third kappa shape index (κ3) is 3.58. The average molecular weight is 465 g/mol. The van der Waals surface area contributed by atoms with Crippen LogP contribution in [0.1, 0.15) is 11.1 Å². The number of fused-ring (bicyclic) bond motifs is 2. The van der Waals surface area contributed by atoms with Crippen LogP contribution in [0.25, 0.3) is 22.3 Å². The number of aromatic nitrogens is 4. The molecule has 0 radical (unpaired) electrons. The summed E-state index contributed by atoms with van der Waals surface area (Å²) in [5.41, 5.74) is 3.99. The van der Waals surface area contributed by atoms with Crippen molar-refractivity contribution in [1.82, 2.24) is 30.0 Å². The molecule has 0 bridgehead atoms. The molecule has 1 saturated heterocycles. The van der Waals surface area contributed by atoms with Gasteiger partial charge >= 0.3 is 6.03 Å². The van der Waals surface area contributed by atoms with E-state index >= 15 is 0 Å². The van der Waals surface area contributed by atoms with Crippen LogP contribution in [0.5, 0.6) is 0 Å². The number of likely N-dealkylation sites (tertiary alicyclic amines) is 1. The van der Waals surface area contributed by atoms with Crippen LogP contribution in [0, 0.1) is 5.82 Å². The predicted octanol–water partition coefficient (Wildman–Crippen LogP) is 4.29. The molecule has 11 heteroatoms. The number of alkyl halides is 2. The van der Waals surface area contributed by atoms with Crippen molar-refractivity contribution in [2.24, 2.45) is 0 Å². The van der Waals surface area contributed by atoms with E-state index < -0.39 is 30.9 Å². The van der Waals surface area contributed by atoms with Gasteiger partial charge in [0.1, 0.15) is 0 Å². The lowest BCUT2D eigenvalue weighted by atomic mass is 10.1. The van der Waals surface area contributed by atoms with Gasteiger partial charge in [-0.25, -0.2) is 27.9 Å². The summed E-state index contributed by atoms with van der Waals surface area (Å²) in [5, 5.41) is 10.7. The maximum atomic E-state index is 14.4. The Bertz CT molecular complexity index is 1430. The Labute approximate surface area is 191 Å². The highest BCUT2D eigenvalue weighted by Crippen LogP contribution is 2.32. The molecule has 4 aromatic rings. The number of urea groups is 1. The molecule has 2 aromatic carbocycles. The van der Waals surface area contributed by atoms with Crippen LogP contribution in [0.4, 0.5) is 29.5 Å². The Morgan fingerprint density at radius 2 is 1.85 bits per heavy atom. The summed E-state index contributed by atoms with van der Waals surface area (Å²) < 4.78 is 40.7. The Hall–Kier alpha value is -4.15. The molecular weight excluding hydrogens is 447 g/mol. The molecule has 2 N–H and O–H groups in total. The fraction of sp³-hybridized carbons (Fsp3) is 0.217. The minimum Gasteiger partial charge on any atom is -0.338 e. The predicted molar refractivity (Wildman–Crippen MR) is 118 cm³/mol. The third-order valence-electron chi connectivity index (χ3n) is 6.02. The first-order valence-electron chi connectivity index (χ1n) is 10.6. The number of hydrogen-bond donors (Lipinski definition) is 2. The number of halogens is 3. The van der Waals surface area contributed by atoms with E-state index in [-0.39, 0.29) is 5.82 Å². The van der Waals surface area contributed by atoms with Crippen LogP contribution >= 0.6 is 0 Å². The van der Waals surface area contributed by atoms with Gasteiger partial charge in [-0.1, -0.05) is 12.1 Å². The highest BCUT2D eigenvalue weighted by atomic mass is 19.3. The second-order valence-corrected chi connectivity index (χ2v) is 8.52. The number of aromatic amines is 1. The fourth-order valence-corrected chi connectivity index (χ4v) is 4.27. The minimum absolute atomic E-state index is 0.0314. The van der Waals surface area contributed by atoms with E-state index in [0.717, 1.165) is 33.1 Å². The van der Waals surface area contributed by atoms with E-state index in [4.69, 9.17) is 0 Å². The monoisotopic (exact) mass is 465 g/mol. The van der Waals surface area contributed by atoms with E-state index in [1.54, 1.807) is 18.3 Å². The zero-order valence-electron chi connectivity index (χ0n) is 17.7. The standard InChI is InChI=1S/C23H18F3N7O/c24-18-8-27-20(30-21(18)29-17-3-4-19-15(6-17)7-28-31-19)13-1-2-14-9-32(10-16(14)5-13)22(34)33-11-23(25,26)12-33/h1-8H,9-12H2,(H,28,31)(H,27,29,30). The average Bonchev–Trinajstić information content (AvgIpc) is 3.44. The third-order valence-corrected chi connectivity index (χ3v) is 6.02. The number of H-pyrrole nitrogens is 1. The Morgan fingerprint density at radius 3 is 2.68 bits per heavy atom. The topological polar surface area (TPSA) is 90.0 Å². The number of hydrogen-bond acceptors (Lipinski definition) is 5. The molecule has 2 aliphatic rings. The van der Waals surface area contributed by atoms with Crippen LogP contribution in [0.15, 0.2) is 48.8 Å². The lowest BCUT2D eigenvalue weighted by Gasteiger charge is -2.40. The van der Waals surface area contributed by atoms with Crippen molar-refractivity contribution in [2.45, 2.75) is 19.0 Å². The van der Waals surface area contributed by atoms with Crippen molar-refractivity contribution in [3.8, 4) is 11.4 Å². The molecule has 0 aliphatic carbocycles. The van der Waals surface area contributed by atoms with Crippen LogP contribution < -0.4 is 5.32 Å². The second kappa shape index (κ2) is 7.44. The van der Waals surface area contributed by atoms with Crippen molar-refractivity contribution in [3.05, 3.63) is 65.7 Å². The van der Waals surface area contributed by atoms with Gasteiger partial charge in [-0.3, -0.25) is 5.10 Å². The number of amides is 2. The van der Waals surface area contributed by atoms with E-state index in [2.05, 4.69) is 25.5 Å². The summed E-state index contributed by atoms with van der Waals surface area (Å²) >= 11 is 0. The zero-order valence-corrected chi connectivity index (χ0v) is 17.7. The highest BCUT2D eigenvalue weighted by molar-refractivity contribution is 5.82. The number of rotatable bonds is 3. The molecule has 1 fully saturated rings. The number of carbonyl (C=O) groups excluding carboxylic acids is 1. The first-order valence-corrected chi connectivity index (χ1v) is 10.6. The number of benzene rings is 2. The molecule has 4 heterocycles. The van der Waals surface area contributed by atoms with Crippen LogP contribution in [-0.4, -0.2) is 55.0 Å².